The second-order valence-corrected chi connectivity index (χ2v) is 15.3. The van der Waals surface area contributed by atoms with E-state index < -0.39 is 0 Å². The summed E-state index contributed by atoms with van der Waals surface area (Å²) in [7, 11) is 0. The number of nitrogens with zero attached hydrogens (tertiary/aromatic N) is 1. The standard InChI is InChI=1S/C49H45N.C2H6/c1-8-9-29-49(7,34-17-11-10-12-18-34)44-30-35(24-23-33(44)2)50(36-25-27-40-38-19-13-15-21-42(38)47(3,4)45(40)31-36)37-26-28-41-39-20-14-16-22-43(39)48(5,6)46(41)32-37;1-2/h8-32H,1H2,2-7H3;1-2H3/b29-9+;. The fourth-order valence-corrected chi connectivity index (χ4v) is 8.80. The van der Waals surface area contributed by atoms with Crippen LogP contribution in [0.15, 0.2) is 158 Å². The topological polar surface area (TPSA) is 3.24 Å². The first-order valence-electron chi connectivity index (χ1n) is 18.8. The fraction of sp³-hybridized carbons (Fsp3) is 0.216. The second kappa shape index (κ2) is 13.3. The van der Waals surface area contributed by atoms with E-state index in [-0.39, 0.29) is 16.2 Å². The summed E-state index contributed by atoms with van der Waals surface area (Å²) in [4.78, 5) is 2.48. The summed E-state index contributed by atoms with van der Waals surface area (Å²) in [6.07, 6.45) is 6.24. The molecule has 0 fully saturated rings. The molecule has 0 heterocycles. The molecule has 0 amide bonds. The van der Waals surface area contributed by atoms with Crippen molar-refractivity contribution < 1.29 is 0 Å². The number of rotatable bonds is 7. The van der Waals surface area contributed by atoms with E-state index in [1.807, 2.05) is 19.9 Å². The molecule has 0 saturated carbocycles. The van der Waals surface area contributed by atoms with Gasteiger partial charge in [0.1, 0.15) is 0 Å². The van der Waals surface area contributed by atoms with Gasteiger partial charge < -0.3 is 4.90 Å². The van der Waals surface area contributed by atoms with Gasteiger partial charge in [-0.05, 0) is 111 Å². The van der Waals surface area contributed by atoms with E-state index in [9.17, 15) is 0 Å². The minimum absolute atomic E-state index is 0.102. The molecule has 2 aliphatic carbocycles. The molecule has 2 aliphatic rings. The van der Waals surface area contributed by atoms with Gasteiger partial charge in [-0.1, -0.05) is 163 Å². The Labute approximate surface area is 312 Å². The first-order valence-corrected chi connectivity index (χ1v) is 18.8. The van der Waals surface area contributed by atoms with E-state index in [2.05, 4.69) is 199 Å². The molecule has 8 rings (SSSR count). The average molecular weight is 678 g/mol. The van der Waals surface area contributed by atoms with Crippen LogP contribution in [0.5, 0.6) is 0 Å². The first-order chi connectivity index (χ1) is 25.1. The van der Waals surface area contributed by atoms with Crippen molar-refractivity contribution in [3.8, 4) is 22.3 Å². The Morgan fingerprint density at radius 3 is 1.50 bits per heavy atom. The average Bonchev–Trinajstić information content (AvgIpc) is 3.55. The second-order valence-electron chi connectivity index (χ2n) is 15.3. The van der Waals surface area contributed by atoms with Crippen molar-refractivity contribution in [3.63, 3.8) is 0 Å². The molecule has 0 N–H and O–H groups in total. The summed E-state index contributed by atoms with van der Waals surface area (Å²) in [5.41, 5.74) is 17.5. The van der Waals surface area contributed by atoms with Crippen LogP contribution in [0.4, 0.5) is 17.1 Å². The van der Waals surface area contributed by atoms with Crippen molar-refractivity contribution in [2.75, 3.05) is 4.90 Å². The van der Waals surface area contributed by atoms with Crippen LogP contribution in [0.25, 0.3) is 22.3 Å². The summed E-state index contributed by atoms with van der Waals surface area (Å²) in [5.74, 6) is 0. The third-order valence-corrected chi connectivity index (χ3v) is 11.6. The minimum atomic E-state index is -0.357. The van der Waals surface area contributed by atoms with Crippen molar-refractivity contribution in [3.05, 3.63) is 197 Å². The zero-order valence-corrected chi connectivity index (χ0v) is 32.1. The molecule has 0 bridgehead atoms. The van der Waals surface area contributed by atoms with Crippen molar-refractivity contribution in [1.82, 2.24) is 0 Å². The lowest BCUT2D eigenvalue weighted by Crippen LogP contribution is -2.23. The molecule has 1 nitrogen and oxygen atoms in total. The molecule has 260 valence electrons. The van der Waals surface area contributed by atoms with Gasteiger partial charge in [0, 0.05) is 33.3 Å². The van der Waals surface area contributed by atoms with Crippen LogP contribution in [0, 0.1) is 6.92 Å². The number of fused-ring (bicyclic) bond motifs is 6. The maximum atomic E-state index is 4.01. The van der Waals surface area contributed by atoms with Crippen LogP contribution in [0.2, 0.25) is 0 Å². The number of benzene rings is 6. The van der Waals surface area contributed by atoms with Gasteiger partial charge in [0.25, 0.3) is 0 Å². The third-order valence-electron chi connectivity index (χ3n) is 11.6. The molecule has 6 aromatic carbocycles. The SMILES string of the molecule is C=C/C=C/C(C)(c1ccccc1)c1cc(N(c2ccc3c(c2)C(C)(C)c2ccccc2-3)c2ccc3c(c2)C(C)(C)c2ccccc2-3)ccc1C.CC. The van der Waals surface area contributed by atoms with Crippen LogP contribution in [0.1, 0.15) is 87.4 Å². The molecular formula is C51H51N. The largest absolute Gasteiger partial charge is 0.310 e. The number of hydrogen-bond acceptors (Lipinski definition) is 1. The third kappa shape index (κ3) is 5.46. The predicted octanol–water partition coefficient (Wildman–Crippen LogP) is 14.2. The van der Waals surface area contributed by atoms with Crippen molar-refractivity contribution in [2.45, 2.75) is 71.6 Å². The normalized spacial score (nSPS) is 15.4. The molecule has 6 aromatic rings. The Kier molecular flexibility index (Phi) is 8.95. The molecule has 1 atom stereocenters. The van der Waals surface area contributed by atoms with Crippen LogP contribution in [-0.2, 0) is 16.2 Å². The lowest BCUT2D eigenvalue weighted by molar-refractivity contribution is 0.660. The highest BCUT2D eigenvalue weighted by Crippen LogP contribution is 2.53. The van der Waals surface area contributed by atoms with E-state index >= 15 is 0 Å². The quantitative estimate of drug-likeness (QED) is 0.152. The van der Waals surface area contributed by atoms with E-state index in [4.69, 9.17) is 0 Å². The van der Waals surface area contributed by atoms with Gasteiger partial charge in [0.05, 0.1) is 0 Å². The molecule has 1 unspecified atom stereocenters. The van der Waals surface area contributed by atoms with Gasteiger partial charge >= 0.3 is 0 Å². The van der Waals surface area contributed by atoms with E-state index in [1.165, 1.54) is 61.2 Å². The monoisotopic (exact) mass is 677 g/mol. The summed E-state index contributed by atoms with van der Waals surface area (Å²) >= 11 is 0. The zero-order chi connectivity index (χ0) is 36.8. The van der Waals surface area contributed by atoms with Gasteiger partial charge in [-0.2, -0.15) is 0 Å². The lowest BCUT2D eigenvalue weighted by atomic mass is 9.74. The Morgan fingerprint density at radius 1 is 0.538 bits per heavy atom. The summed E-state index contributed by atoms with van der Waals surface area (Å²) < 4.78 is 0. The van der Waals surface area contributed by atoms with Crippen molar-refractivity contribution in [1.29, 1.82) is 0 Å². The lowest BCUT2D eigenvalue weighted by Gasteiger charge is -2.33. The maximum absolute atomic E-state index is 4.01. The minimum Gasteiger partial charge on any atom is -0.310 e. The number of hydrogen-bond donors (Lipinski definition) is 0. The fourth-order valence-electron chi connectivity index (χ4n) is 8.80. The molecule has 0 radical (unpaired) electrons. The van der Waals surface area contributed by atoms with Crippen LogP contribution in [0.3, 0.4) is 0 Å². The Morgan fingerprint density at radius 2 is 0.981 bits per heavy atom. The molecule has 0 aromatic heterocycles. The summed E-state index contributed by atoms with van der Waals surface area (Å²) in [5, 5.41) is 0. The molecule has 1 heteroatoms. The number of allylic oxidation sites excluding steroid dienone is 3. The molecule has 0 saturated heterocycles. The zero-order valence-electron chi connectivity index (χ0n) is 32.1. The Balaban J connectivity index is 0.00000207. The van der Waals surface area contributed by atoms with Crippen molar-refractivity contribution >= 4 is 17.1 Å². The van der Waals surface area contributed by atoms with Gasteiger partial charge in [0.2, 0.25) is 0 Å². The number of aryl methyl sites for hydroxylation is 1. The van der Waals surface area contributed by atoms with Gasteiger partial charge in [0.15, 0.2) is 0 Å². The first kappa shape index (κ1) is 35.0. The molecule has 52 heavy (non-hydrogen) atoms. The Bertz CT molecular complexity index is 2210. The summed E-state index contributed by atoms with van der Waals surface area (Å²) in [6.45, 7) is 22.0. The van der Waals surface area contributed by atoms with Gasteiger partial charge in [-0.25, -0.2) is 0 Å². The molecule has 0 spiro atoms. The van der Waals surface area contributed by atoms with Crippen LogP contribution in [-0.4, -0.2) is 0 Å². The molecule has 0 aliphatic heterocycles. The van der Waals surface area contributed by atoms with E-state index in [0.29, 0.717) is 0 Å². The number of anilines is 3. The highest BCUT2D eigenvalue weighted by Gasteiger charge is 2.38. The smallest absolute Gasteiger partial charge is 0.0465 e. The highest BCUT2D eigenvalue weighted by atomic mass is 15.1. The van der Waals surface area contributed by atoms with Crippen LogP contribution >= 0.6 is 0 Å². The van der Waals surface area contributed by atoms with E-state index in [0.717, 1.165) is 17.1 Å². The van der Waals surface area contributed by atoms with Gasteiger partial charge in [-0.3, -0.25) is 0 Å². The van der Waals surface area contributed by atoms with Crippen LogP contribution < -0.4 is 4.90 Å². The highest BCUT2D eigenvalue weighted by molar-refractivity contribution is 5.88. The predicted molar refractivity (Wildman–Crippen MR) is 225 cm³/mol. The van der Waals surface area contributed by atoms with Crippen molar-refractivity contribution in [2.24, 2.45) is 0 Å². The van der Waals surface area contributed by atoms with E-state index in [1.54, 1.807) is 0 Å². The molecular weight excluding hydrogens is 627 g/mol. The summed E-state index contributed by atoms with van der Waals surface area (Å²) in [6, 6.07) is 49.8. The Hall–Kier alpha value is -5.40. The maximum Gasteiger partial charge on any atom is 0.0465 e. The van der Waals surface area contributed by atoms with Gasteiger partial charge in [-0.15, -0.1) is 0 Å².